The molecule has 0 amide bonds. The van der Waals surface area contributed by atoms with E-state index in [-0.39, 0.29) is 0 Å². The second kappa shape index (κ2) is 6.96. The van der Waals surface area contributed by atoms with Gasteiger partial charge in [0, 0.05) is 36.6 Å². The lowest BCUT2D eigenvalue weighted by Gasteiger charge is -2.15. The summed E-state index contributed by atoms with van der Waals surface area (Å²) in [5.74, 6) is 0.866. The van der Waals surface area contributed by atoms with Crippen LogP contribution < -0.4 is 0 Å². The Labute approximate surface area is 149 Å². The minimum Gasteiger partial charge on any atom is -0.299 e. The fraction of sp³-hybridized carbons (Fsp3) is 0.429. The van der Waals surface area contributed by atoms with Crippen LogP contribution in [0.3, 0.4) is 0 Å². The summed E-state index contributed by atoms with van der Waals surface area (Å²) < 4.78 is 1.95. The molecule has 1 aliphatic rings. The fourth-order valence-corrected chi connectivity index (χ4v) is 3.98. The number of hydrogen-bond acceptors (Lipinski definition) is 3. The van der Waals surface area contributed by atoms with Gasteiger partial charge in [-0.2, -0.15) is 5.10 Å². The number of hydrogen-bond donors (Lipinski definition) is 0. The highest BCUT2D eigenvalue weighted by Gasteiger charge is 2.23. The van der Waals surface area contributed by atoms with E-state index in [1.165, 1.54) is 43.5 Å². The molecule has 1 aromatic carbocycles. The SMILES string of the molecule is CCCC1CCN(Cc2c(C)nn3cc(-c4ccccc4)cnc23)C1. The Kier molecular flexibility index (Phi) is 4.53. The largest absolute Gasteiger partial charge is 0.299 e. The minimum atomic E-state index is 0.866. The van der Waals surface area contributed by atoms with Crippen molar-refractivity contribution in [3.05, 3.63) is 54.0 Å². The van der Waals surface area contributed by atoms with Gasteiger partial charge in [-0.3, -0.25) is 4.90 Å². The zero-order valence-electron chi connectivity index (χ0n) is 15.2. The Balaban J connectivity index is 1.59. The van der Waals surface area contributed by atoms with Crippen LogP contribution in [0.15, 0.2) is 42.7 Å². The van der Waals surface area contributed by atoms with Crippen LogP contribution in [0.2, 0.25) is 0 Å². The van der Waals surface area contributed by atoms with Crippen molar-refractivity contribution in [1.82, 2.24) is 19.5 Å². The van der Waals surface area contributed by atoms with Crippen LogP contribution in [0.1, 0.15) is 37.4 Å². The van der Waals surface area contributed by atoms with Gasteiger partial charge < -0.3 is 0 Å². The third kappa shape index (κ3) is 3.31. The molecule has 2 aromatic heterocycles. The standard InChI is InChI=1S/C21H26N4/c1-3-7-17-10-11-24(13-17)15-20-16(2)23-25-14-19(12-22-21(20)25)18-8-5-4-6-9-18/h4-6,8-9,12,14,17H,3,7,10-11,13,15H2,1-2H3. The van der Waals surface area contributed by atoms with Crippen molar-refractivity contribution in [3.63, 3.8) is 0 Å². The summed E-state index contributed by atoms with van der Waals surface area (Å²) in [6.07, 6.45) is 8.04. The summed E-state index contributed by atoms with van der Waals surface area (Å²) in [5, 5.41) is 4.72. The van der Waals surface area contributed by atoms with Crippen LogP contribution in [-0.2, 0) is 6.54 Å². The van der Waals surface area contributed by atoms with E-state index in [0.717, 1.165) is 29.4 Å². The molecular formula is C21H26N4. The first kappa shape index (κ1) is 16.3. The van der Waals surface area contributed by atoms with Crippen molar-refractivity contribution in [2.24, 2.45) is 5.92 Å². The summed E-state index contributed by atoms with van der Waals surface area (Å²) in [5.41, 5.74) is 5.64. The van der Waals surface area contributed by atoms with Gasteiger partial charge in [-0.15, -0.1) is 0 Å². The van der Waals surface area contributed by atoms with Gasteiger partial charge in [0.25, 0.3) is 0 Å². The maximum Gasteiger partial charge on any atom is 0.159 e. The van der Waals surface area contributed by atoms with Crippen LogP contribution >= 0.6 is 0 Å². The Bertz CT molecular complexity index is 853. The van der Waals surface area contributed by atoms with E-state index >= 15 is 0 Å². The van der Waals surface area contributed by atoms with E-state index in [9.17, 15) is 0 Å². The highest BCUT2D eigenvalue weighted by atomic mass is 15.3. The molecule has 1 fully saturated rings. The number of rotatable bonds is 5. The van der Waals surface area contributed by atoms with E-state index in [4.69, 9.17) is 10.1 Å². The van der Waals surface area contributed by atoms with E-state index in [0.29, 0.717) is 0 Å². The summed E-state index contributed by atoms with van der Waals surface area (Å²) >= 11 is 0. The number of aromatic nitrogens is 3. The second-order valence-electron chi connectivity index (χ2n) is 7.22. The summed E-state index contributed by atoms with van der Waals surface area (Å²) in [7, 11) is 0. The fourth-order valence-electron chi connectivity index (χ4n) is 3.98. The molecule has 0 aliphatic carbocycles. The summed E-state index contributed by atoms with van der Waals surface area (Å²) in [4.78, 5) is 7.32. The minimum absolute atomic E-state index is 0.866. The highest BCUT2D eigenvalue weighted by Crippen LogP contribution is 2.25. The Morgan fingerprint density at radius 2 is 2.00 bits per heavy atom. The molecule has 0 bridgehead atoms. The van der Waals surface area contributed by atoms with Gasteiger partial charge in [0.1, 0.15) is 0 Å². The molecule has 0 spiro atoms. The maximum atomic E-state index is 4.75. The first-order valence-corrected chi connectivity index (χ1v) is 9.36. The van der Waals surface area contributed by atoms with Crippen LogP contribution in [0.25, 0.3) is 16.8 Å². The number of benzene rings is 1. The number of aryl methyl sites for hydroxylation is 1. The number of fused-ring (bicyclic) bond motifs is 1. The molecule has 3 heterocycles. The van der Waals surface area contributed by atoms with Gasteiger partial charge >= 0.3 is 0 Å². The van der Waals surface area contributed by atoms with Crippen molar-refractivity contribution in [3.8, 4) is 11.1 Å². The van der Waals surface area contributed by atoms with Crippen LogP contribution in [0, 0.1) is 12.8 Å². The van der Waals surface area contributed by atoms with Gasteiger partial charge in [-0.05, 0) is 37.8 Å². The van der Waals surface area contributed by atoms with Gasteiger partial charge in [0.15, 0.2) is 5.65 Å². The molecule has 1 atom stereocenters. The maximum absolute atomic E-state index is 4.75. The second-order valence-corrected chi connectivity index (χ2v) is 7.22. The molecule has 1 saturated heterocycles. The lowest BCUT2D eigenvalue weighted by molar-refractivity contribution is 0.313. The zero-order valence-corrected chi connectivity index (χ0v) is 15.2. The van der Waals surface area contributed by atoms with Crippen molar-refractivity contribution in [2.45, 2.75) is 39.7 Å². The molecule has 1 unspecified atom stereocenters. The average Bonchev–Trinajstić information content (AvgIpc) is 3.20. The van der Waals surface area contributed by atoms with Crippen LogP contribution in [0.5, 0.6) is 0 Å². The average molecular weight is 334 g/mol. The first-order chi connectivity index (χ1) is 12.2. The summed E-state index contributed by atoms with van der Waals surface area (Å²) in [6, 6.07) is 10.4. The lowest BCUT2D eigenvalue weighted by atomic mass is 10.0. The van der Waals surface area contributed by atoms with Crippen molar-refractivity contribution in [1.29, 1.82) is 0 Å². The first-order valence-electron chi connectivity index (χ1n) is 9.36. The third-order valence-electron chi connectivity index (χ3n) is 5.32. The van der Waals surface area contributed by atoms with Crippen molar-refractivity contribution in [2.75, 3.05) is 13.1 Å². The Hall–Kier alpha value is -2.20. The Morgan fingerprint density at radius 1 is 1.16 bits per heavy atom. The predicted molar refractivity (Wildman–Crippen MR) is 101 cm³/mol. The van der Waals surface area contributed by atoms with E-state index in [2.05, 4.69) is 49.2 Å². The number of likely N-dealkylation sites (tertiary alicyclic amines) is 1. The van der Waals surface area contributed by atoms with Crippen LogP contribution in [-0.4, -0.2) is 32.6 Å². The molecule has 130 valence electrons. The van der Waals surface area contributed by atoms with E-state index < -0.39 is 0 Å². The van der Waals surface area contributed by atoms with Crippen molar-refractivity contribution < 1.29 is 0 Å². The third-order valence-corrected chi connectivity index (χ3v) is 5.32. The van der Waals surface area contributed by atoms with Crippen molar-refractivity contribution >= 4 is 5.65 Å². The molecular weight excluding hydrogens is 308 g/mol. The van der Waals surface area contributed by atoms with Gasteiger partial charge in [-0.1, -0.05) is 43.7 Å². The molecule has 1 aliphatic heterocycles. The monoisotopic (exact) mass is 334 g/mol. The van der Waals surface area contributed by atoms with Crippen LogP contribution in [0.4, 0.5) is 0 Å². The molecule has 0 N–H and O–H groups in total. The number of nitrogens with zero attached hydrogens (tertiary/aromatic N) is 4. The van der Waals surface area contributed by atoms with Gasteiger partial charge in [-0.25, -0.2) is 9.50 Å². The molecule has 4 nitrogen and oxygen atoms in total. The smallest absolute Gasteiger partial charge is 0.159 e. The predicted octanol–water partition coefficient (Wildman–Crippen LogP) is 4.33. The molecule has 4 heteroatoms. The lowest BCUT2D eigenvalue weighted by Crippen LogP contribution is -2.20. The van der Waals surface area contributed by atoms with E-state index in [1.54, 1.807) is 0 Å². The van der Waals surface area contributed by atoms with Gasteiger partial charge in [0.05, 0.1) is 5.69 Å². The quantitative estimate of drug-likeness (QED) is 0.696. The highest BCUT2D eigenvalue weighted by molar-refractivity contribution is 5.63. The molecule has 0 saturated carbocycles. The molecule has 3 aromatic rings. The Morgan fingerprint density at radius 3 is 2.80 bits per heavy atom. The molecule has 25 heavy (non-hydrogen) atoms. The summed E-state index contributed by atoms with van der Waals surface area (Å²) in [6.45, 7) is 7.77. The normalized spacial score (nSPS) is 18.2. The topological polar surface area (TPSA) is 33.4 Å². The molecule has 4 rings (SSSR count). The zero-order chi connectivity index (χ0) is 17.2. The van der Waals surface area contributed by atoms with Gasteiger partial charge in [0.2, 0.25) is 0 Å². The van der Waals surface area contributed by atoms with E-state index in [1.807, 2.05) is 16.8 Å². The molecule has 0 radical (unpaired) electrons.